The molecular formula is C17H27NO. The van der Waals surface area contributed by atoms with Crippen LogP contribution in [0.5, 0.6) is 0 Å². The third-order valence-corrected chi connectivity index (χ3v) is 3.95. The lowest BCUT2D eigenvalue weighted by Crippen LogP contribution is -2.49. The van der Waals surface area contributed by atoms with E-state index in [1.807, 2.05) is 19.9 Å². The maximum Gasteiger partial charge on any atom is 0.152 e. The van der Waals surface area contributed by atoms with Gasteiger partial charge in [-0.15, -0.1) is 0 Å². The van der Waals surface area contributed by atoms with Crippen LogP contribution in [0.2, 0.25) is 0 Å². The lowest BCUT2D eigenvalue weighted by molar-refractivity contribution is -0.129. The Morgan fingerprint density at radius 1 is 1.11 bits per heavy atom. The quantitative estimate of drug-likeness (QED) is 0.711. The fourth-order valence-corrected chi connectivity index (χ4v) is 2.59. The summed E-state index contributed by atoms with van der Waals surface area (Å²) in [4.78, 5) is 14.6. The van der Waals surface area contributed by atoms with Crippen LogP contribution in [0.4, 0.5) is 0 Å². The second kappa shape index (κ2) is 7.44. The molecule has 0 aliphatic rings. The van der Waals surface area contributed by atoms with E-state index in [1.54, 1.807) is 0 Å². The summed E-state index contributed by atoms with van der Waals surface area (Å²) in [5.74, 6) is 0.354. The molecule has 2 heteroatoms. The molecule has 0 spiro atoms. The summed E-state index contributed by atoms with van der Waals surface area (Å²) in [7, 11) is 0. The van der Waals surface area contributed by atoms with Crippen molar-refractivity contribution < 1.29 is 4.79 Å². The van der Waals surface area contributed by atoms with Crippen LogP contribution >= 0.6 is 0 Å². The van der Waals surface area contributed by atoms with Crippen LogP contribution in [0.3, 0.4) is 0 Å². The molecule has 0 N–H and O–H groups in total. The second-order valence-corrected chi connectivity index (χ2v) is 5.49. The van der Waals surface area contributed by atoms with Gasteiger partial charge in [0.1, 0.15) is 0 Å². The first-order valence-corrected chi connectivity index (χ1v) is 7.34. The van der Waals surface area contributed by atoms with E-state index in [-0.39, 0.29) is 5.54 Å². The molecule has 1 aromatic rings. The first kappa shape index (κ1) is 15.9. The van der Waals surface area contributed by atoms with Gasteiger partial charge in [0.15, 0.2) is 5.78 Å². The van der Waals surface area contributed by atoms with Crippen molar-refractivity contribution in [3.05, 3.63) is 35.9 Å². The molecule has 0 aliphatic heterocycles. The lowest BCUT2D eigenvalue weighted by atomic mass is 9.92. The molecular weight excluding hydrogens is 234 g/mol. The van der Waals surface area contributed by atoms with Gasteiger partial charge in [0, 0.05) is 6.42 Å². The maximum absolute atomic E-state index is 12.4. The topological polar surface area (TPSA) is 20.3 Å². The molecule has 0 aromatic heterocycles. The van der Waals surface area contributed by atoms with E-state index in [1.165, 1.54) is 5.56 Å². The fourth-order valence-electron chi connectivity index (χ4n) is 2.59. The van der Waals surface area contributed by atoms with Crippen molar-refractivity contribution in [1.82, 2.24) is 4.90 Å². The summed E-state index contributed by atoms with van der Waals surface area (Å²) >= 11 is 0. The molecule has 0 bridgehead atoms. The van der Waals surface area contributed by atoms with Crippen molar-refractivity contribution in [3.63, 3.8) is 0 Å². The van der Waals surface area contributed by atoms with E-state index in [2.05, 4.69) is 43.0 Å². The molecule has 0 aliphatic carbocycles. The number of carbonyl (C=O) groups is 1. The predicted octanol–water partition coefficient (Wildman–Crippen LogP) is 3.70. The minimum absolute atomic E-state index is 0.333. The highest BCUT2D eigenvalue weighted by Crippen LogP contribution is 2.18. The Morgan fingerprint density at radius 3 is 2.21 bits per heavy atom. The molecule has 0 amide bonds. The van der Waals surface area contributed by atoms with Crippen molar-refractivity contribution in [3.8, 4) is 0 Å². The van der Waals surface area contributed by atoms with E-state index < -0.39 is 0 Å². The van der Waals surface area contributed by atoms with Gasteiger partial charge in [0.25, 0.3) is 0 Å². The predicted molar refractivity (Wildman–Crippen MR) is 81.4 cm³/mol. The molecule has 2 nitrogen and oxygen atoms in total. The average molecular weight is 261 g/mol. The number of ketones is 1. The van der Waals surface area contributed by atoms with Gasteiger partial charge < -0.3 is 0 Å². The van der Waals surface area contributed by atoms with Gasteiger partial charge in [-0.3, -0.25) is 9.69 Å². The molecule has 19 heavy (non-hydrogen) atoms. The molecule has 0 fully saturated rings. The molecule has 0 unspecified atom stereocenters. The van der Waals surface area contributed by atoms with Crippen LogP contribution in [0.25, 0.3) is 0 Å². The standard InChI is InChI=1S/C17H27NO/c1-5-18(6-2)17(3,4)16(19)14-10-13-15-11-8-7-9-12-15/h7-9,11-12H,5-6,10,13-14H2,1-4H3. The van der Waals surface area contributed by atoms with Crippen LogP contribution in [-0.4, -0.2) is 29.3 Å². The number of Topliss-reactive ketones (excluding diaryl/α,β-unsaturated/α-hetero) is 1. The molecule has 0 atom stereocenters. The first-order valence-electron chi connectivity index (χ1n) is 7.34. The number of aryl methyl sites for hydroxylation is 1. The lowest BCUT2D eigenvalue weighted by Gasteiger charge is -2.35. The number of carbonyl (C=O) groups excluding carboxylic acids is 1. The second-order valence-electron chi connectivity index (χ2n) is 5.49. The van der Waals surface area contributed by atoms with E-state index in [9.17, 15) is 4.79 Å². The molecule has 0 saturated heterocycles. The molecule has 0 heterocycles. The average Bonchev–Trinajstić information content (AvgIpc) is 2.41. The van der Waals surface area contributed by atoms with Gasteiger partial charge >= 0.3 is 0 Å². The van der Waals surface area contributed by atoms with Crippen LogP contribution in [0, 0.1) is 0 Å². The highest BCUT2D eigenvalue weighted by atomic mass is 16.1. The zero-order valence-corrected chi connectivity index (χ0v) is 12.8. The van der Waals surface area contributed by atoms with Crippen LogP contribution in [0.1, 0.15) is 46.1 Å². The highest BCUT2D eigenvalue weighted by Gasteiger charge is 2.31. The third-order valence-electron chi connectivity index (χ3n) is 3.95. The number of nitrogens with zero attached hydrogens (tertiary/aromatic N) is 1. The van der Waals surface area contributed by atoms with Crippen molar-refractivity contribution >= 4 is 5.78 Å². The number of benzene rings is 1. The fraction of sp³-hybridized carbons (Fsp3) is 0.588. The van der Waals surface area contributed by atoms with Gasteiger partial charge in [-0.05, 0) is 45.3 Å². The minimum atomic E-state index is -0.333. The largest absolute Gasteiger partial charge is 0.298 e. The number of likely N-dealkylation sites (N-methyl/N-ethyl adjacent to an activating group) is 1. The van der Waals surface area contributed by atoms with Gasteiger partial charge in [-0.25, -0.2) is 0 Å². The van der Waals surface area contributed by atoms with Crippen molar-refractivity contribution in [2.75, 3.05) is 13.1 Å². The van der Waals surface area contributed by atoms with Gasteiger partial charge in [0.05, 0.1) is 5.54 Å². The van der Waals surface area contributed by atoms with Crippen LogP contribution < -0.4 is 0 Å². The maximum atomic E-state index is 12.4. The van der Waals surface area contributed by atoms with E-state index in [0.717, 1.165) is 25.9 Å². The summed E-state index contributed by atoms with van der Waals surface area (Å²) in [6.07, 6.45) is 2.59. The summed E-state index contributed by atoms with van der Waals surface area (Å²) < 4.78 is 0. The Morgan fingerprint density at radius 2 is 1.68 bits per heavy atom. The van der Waals surface area contributed by atoms with Gasteiger partial charge in [0.2, 0.25) is 0 Å². The highest BCUT2D eigenvalue weighted by molar-refractivity contribution is 5.87. The number of rotatable bonds is 8. The summed E-state index contributed by atoms with van der Waals surface area (Å²) in [5.41, 5.74) is 0.983. The third kappa shape index (κ3) is 4.46. The van der Waals surface area contributed by atoms with E-state index >= 15 is 0 Å². The van der Waals surface area contributed by atoms with Crippen molar-refractivity contribution in [1.29, 1.82) is 0 Å². The zero-order chi connectivity index (χ0) is 14.3. The Balaban J connectivity index is 2.46. The Hall–Kier alpha value is -1.15. The normalized spacial score (nSPS) is 11.8. The molecule has 1 aromatic carbocycles. The van der Waals surface area contributed by atoms with Gasteiger partial charge in [-0.2, -0.15) is 0 Å². The summed E-state index contributed by atoms with van der Waals surface area (Å²) in [6, 6.07) is 10.4. The van der Waals surface area contributed by atoms with Crippen LogP contribution in [-0.2, 0) is 11.2 Å². The first-order chi connectivity index (χ1) is 9.02. The summed E-state index contributed by atoms with van der Waals surface area (Å²) in [5, 5.41) is 0. The van der Waals surface area contributed by atoms with Crippen LogP contribution in [0.15, 0.2) is 30.3 Å². The SMILES string of the molecule is CCN(CC)C(C)(C)C(=O)CCCc1ccccc1. The van der Waals surface area contributed by atoms with Crippen molar-refractivity contribution in [2.45, 2.75) is 52.5 Å². The zero-order valence-electron chi connectivity index (χ0n) is 12.8. The molecule has 0 saturated carbocycles. The minimum Gasteiger partial charge on any atom is -0.298 e. The Labute approximate surface area is 117 Å². The van der Waals surface area contributed by atoms with E-state index in [0.29, 0.717) is 12.2 Å². The number of hydrogen-bond donors (Lipinski definition) is 0. The Bertz CT molecular complexity index is 380. The smallest absolute Gasteiger partial charge is 0.152 e. The monoisotopic (exact) mass is 261 g/mol. The Kier molecular flexibility index (Phi) is 6.23. The molecule has 1 rings (SSSR count). The van der Waals surface area contributed by atoms with Gasteiger partial charge in [-0.1, -0.05) is 44.2 Å². The van der Waals surface area contributed by atoms with Crippen molar-refractivity contribution in [2.24, 2.45) is 0 Å². The molecule has 106 valence electrons. The summed E-state index contributed by atoms with van der Waals surface area (Å²) in [6.45, 7) is 10.2. The number of hydrogen-bond acceptors (Lipinski definition) is 2. The van der Waals surface area contributed by atoms with E-state index in [4.69, 9.17) is 0 Å². The molecule has 0 radical (unpaired) electrons.